The first-order valence-corrected chi connectivity index (χ1v) is 5.55. The van der Waals surface area contributed by atoms with Crippen molar-refractivity contribution in [2.45, 2.75) is 39.8 Å². The summed E-state index contributed by atoms with van der Waals surface area (Å²) in [6, 6.07) is 1.16. The van der Waals surface area contributed by atoms with E-state index in [1.165, 1.54) is 0 Å². The summed E-state index contributed by atoms with van der Waals surface area (Å²) >= 11 is 0. The molecule has 0 unspecified atom stereocenters. The number of nitrogens with one attached hydrogen (secondary N) is 1. The van der Waals surface area contributed by atoms with Gasteiger partial charge in [-0.1, -0.05) is 13.8 Å². The highest BCUT2D eigenvalue weighted by Crippen LogP contribution is 1.92. The Kier molecular flexibility index (Phi) is 8.14. The number of hydrogen-bond acceptors (Lipinski definition) is 3. The van der Waals surface area contributed by atoms with Crippen LogP contribution in [0.1, 0.15) is 29.1 Å². The second-order valence-corrected chi connectivity index (χ2v) is 4.30. The lowest BCUT2D eigenvalue weighted by molar-refractivity contribution is 0.104. The molecule has 0 aliphatic rings. The van der Waals surface area contributed by atoms with Crippen LogP contribution in [0.3, 0.4) is 0 Å². The molecule has 0 heterocycles. The maximum atomic E-state index is 5.50. The first kappa shape index (κ1) is 13.9. The molecule has 0 radical (unpaired) electrons. The lowest BCUT2D eigenvalue weighted by Gasteiger charge is -2.20. The van der Waals surface area contributed by atoms with Gasteiger partial charge in [0.05, 0.1) is 13.2 Å². The quantitative estimate of drug-likeness (QED) is 0.608. The van der Waals surface area contributed by atoms with E-state index in [4.69, 9.17) is 4.74 Å². The van der Waals surface area contributed by atoms with Gasteiger partial charge in [-0.25, -0.2) is 0 Å². The van der Waals surface area contributed by atoms with E-state index in [1.807, 2.05) is 0 Å². The van der Waals surface area contributed by atoms with Crippen molar-refractivity contribution in [3.8, 4) is 0 Å². The van der Waals surface area contributed by atoms with Crippen molar-refractivity contribution in [2.24, 2.45) is 0 Å². The molecule has 0 rings (SSSR count). The normalized spacial score (nSPS) is 12.0. The van der Waals surface area contributed by atoms with E-state index >= 15 is 0 Å². The lowest BCUT2D eigenvalue weighted by atomic mass is 10.3. The molecule has 3 nitrogen and oxygen atoms in total. The molecule has 0 aromatic rings. The topological polar surface area (TPSA) is 24.5 Å². The number of rotatable bonds is 8. The van der Waals surface area contributed by atoms with E-state index in [-0.39, 0.29) is 1.43 Å². The summed E-state index contributed by atoms with van der Waals surface area (Å²) in [6.45, 7) is 12.3. The monoisotopic (exact) mass is 204 g/mol. The van der Waals surface area contributed by atoms with Gasteiger partial charge in [0.15, 0.2) is 0 Å². The fraction of sp³-hybridized carbons (Fsp3) is 1.00. The van der Waals surface area contributed by atoms with Gasteiger partial charge >= 0.3 is 0 Å². The summed E-state index contributed by atoms with van der Waals surface area (Å²) < 4.78 is 5.50. The van der Waals surface area contributed by atoms with Crippen LogP contribution in [0, 0.1) is 0 Å². The lowest BCUT2D eigenvalue weighted by Crippen LogP contribution is -2.31. The maximum Gasteiger partial charge on any atom is 0.0594 e. The maximum absolute atomic E-state index is 5.50. The summed E-state index contributed by atoms with van der Waals surface area (Å²) in [5.74, 6) is 0. The molecule has 0 aliphatic carbocycles. The first-order valence-electron chi connectivity index (χ1n) is 5.55. The highest BCUT2D eigenvalue weighted by molar-refractivity contribution is 4.56. The minimum Gasteiger partial charge on any atom is -0.379 e. The third-order valence-corrected chi connectivity index (χ3v) is 2.27. The number of ether oxygens (including phenoxy) is 1. The van der Waals surface area contributed by atoms with Crippen LogP contribution in [0.4, 0.5) is 0 Å². The van der Waals surface area contributed by atoms with Crippen LogP contribution in [0.2, 0.25) is 0 Å². The Morgan fingerprint density at radius 2 is 1.86 bits per heavy atom. The summed E-state index contributed by atoms with van der Waals surface area (Å²) in [6.07, 6.45) is 0. The van der Waals surface area contributed by atoms with E-state index < -0.39 is 0 Å². The van der Waals surface area contributed by atoms with Gasteiger partial charge in [-0.2, -0.15) is 0 Å². The molecule has 0 aromatic carbocycles. The SMILES string of the molecule is CC(C)NCCOCCN(C)C(C)C.[HH]. The second kappa shape index (κ2) is 8.21. The fourth-order valence-electron chi connectivity index (χ4n) is 0.989. The average molecular weight is 204 g/mol. The predicted molar refractivity (Wildman–Crippen MR) is 63.8 cm³/mol. The Morgan fingerprint density at radius 1 is 1.21 bits per heavy atom. The Balaban J connectivity index is 0. The van der Waals surface area contributed by atoms with E-state index in [0.29, 0.717) is 12.1 Å². The molecule has 0 saturated carbocycles. The van der Waals surface area contributed by atoms with Crippen LogP contribution in [-0.2, 0) is 4.74 Å². The van der Waals surface area contributed by atoms with Crippen LogP contribution in [0.25, 0.3) is 0 Å². The van der Waals surface area contributed by atoms with Crippen LogP contribution < -0.4 is 5.32 Å². The highest BCUT2D eigenvalue weighted by Gasteiger charge is 2.01. The molecule has 3 heteroatoms. The van der Waals surface area contributed by atoms with Crippen LogP contribution >= 0.6 is 0 Å². The van der Waals surface area contributed by atoms with Crippen molar-refractivity contribution in [1.82, 2.24) is 10.2 Å². The van der Waals surface area contributed by atoms with Gasteiger partial charge in [0.2, 0.25) is 0 Å². The van der Waals surface area contributed by atoms with Crippen LogP contribution in [-0.4, -0.2) is 50.3 Å². The molecule has 0 atom stereocenters. The molecular weight excluding hydrogens is 176 g/mol. The molecule has 0 spiro atoms. The van der Waals surface area contributed by atoms with Gasteiger partial charge in [0.25, 0.3) is 0 Å². The van der Waals surface area contributed by atoms with Crippen LogP contribution in [0.15, 0.2) is 0 Å². The molecule has 14 heavy (non-hydrogen) atoms. The molecule has 88 valence electrons. The summed E-state index contributed by atoms with van der Waals surface area (Å²) in [5.41, 5.74) is 0. The van der Waals surface area contributed by atoms with Gasteiger partial charge in [-0.15, -0.1) is 0 Å². The molecule has 0 fully saturated rings. The molecule has 1 N–H and O–H groups in total. The molecule has 0 amide bonds. The Hall–Kier alpha value is -0.120. The molecule has 0 aliphatic heterocycles. The van der Waals surface area contributed by atoms with Gasteiger partial charge in [0, 0.05) is 26.6 Å². The second-order valence-electron chi connectivity index (χ2n) is 4.30. The number of nitrogens with zero attached hydrogens (tertiary/aromatic N) is 1. The number of likely N-dealkylation sites (N-methyl/N-ethyl adjacent to an activating group) is 1. The van der Waals surface area contributed by atoms with Gasteiger partial charge in [-0.05, 0) is 20.9 Å². The third-order valence-electron chi connectivity index (χ3n) is 2.27. The summed E-state index contributed by atoms with van der Waals surface area (Å²) in [4.78, 5) is 2.29. The standard InChI is InChI=1S/C11H26N2O.H2/c1-10(2)12-6-8-14-9-7-13(5)11(3)4;/h10-12H,6-9H2,1-5H3;1H. The van der Waals surface area contributed by atoms with Crippen molar-refractivity contribution >= 4 is 0 Å². The summed E-state index contributed by atoms with van der Waals surface area (Å²) in [7, 11) is 2.13. The molecule has 0 aromatic heterocycles. The van der Waals surface area contributed by atoms with E-state index in [2.05, 4.69) is 45.0 Å². The smallest absolute Gasteiger partial charge is 0.0594 e. The van der Waals surface area contributed by atoms with Crippen molar-refractivity contribution < 1.29 is 6.16 Å². The highest BCUT2D eigenvalue weighted by atomic mass is 16.5. The zero-order valence-corrected chi connectivity index (χ0v) is 10.3. The predicted octanol–water partition coefficient (Wildman–Crippen LogP) is 1.59. The summed E-state index contributed by atoms with van der Waals surface area (Å²) in [5, 5.41) is 3.32. The van der Waals surface area contributed by atoms with E-state index in [1.54, 1.807) is 0 Å². The minimum absolute atomic E-state index is 0. The molecule has 0 saturated heterocycles. The van der Waals surface area contributed by atoms with E-state index in [9.17, 15) is 0 Å². The third kappa shape index (κ3) is 8.48. The van der Waals surface area contributed by atoms with Crippen molar-refractivity contribution in [3.63, 3.8) is 0 Å². The zero-order chi connectivity index (χ0) is 11.0. The average Bonchev–Trinajstić information content (AvgIpc) is 2.09. The molecular formula is C11H28N2O. The fourth-order valence-corrected chi connectivity index (χ4v) is 0.989. The minimum atomic E-state index is 0. The largest absolute Gasteiger partial charge is 0.379 e. The molecule has 0 bridgehead atoms. The van der Waals surface area contributed by atoms with Crippen molar-refractivity contribution in [1.29, 1.82) is 0 Å². The van der Waals surface area contributed by atoms with Gasteiger partial charge in [-0.3, -0.25) is 0 Å². The Morgan fingerprint density at radius 3 is 2.36 bits per heavy atom. The van der Waals surface area contributed by atoms with Gasteiger partial charge < -0.3 is 15.0 Å². The number of hydrogen-bond donors (Lipinski definition) is 1. The van der Waals surface area contributed by atoms with Crippen LogP contribution in [0.5, 0.6) is 0 Å². The van der Waals surface area contributed by atoms with E-state index in [0.717, 1.165) is 26.3 Å². The Labute approximate surface area is 90.3 Å². The zero-order valence-electron chi connectivity index (χ0n) is 10.3. The van der Waals surface area contributed by atoms with Gasteiger partial charge in [0.1, 0.15) is 0 Å². The first-order chi connectivity index (χ1) is 6.54. The van der Waals surface area contributed by atoms with Crippen molar-refractivity contribution in [2.75, 3.05) is 33.4 Å². The van der Waals surface area contributed by atoms with Crippen molar-refractivity contribution in [3.05, 3.63) is 0 Å². The Bertz CT molecular complexity index is 132.